The molecule has 1 saturated heterocycles. The number of rotatable bonds is 3. The highest BCUT2D eigenvalue weighted by Crippen LogP contribution is 2.20. The van der Waals surface area contributed by atoms with Gasteiger partial charge in [-0.25, -0.2) is 13.1 Å². The topological polar surface area (TPSA) is 88.9 Å². The molecule has 0 bridgehead atoms. The van der Waals surface area contributed by atoms with Gasteiger partial charge in [0.2, 0.25) is 10.0 Å². The van der Waals surface area contributed by atoms with Gasteiger partial charge >= 0.3 is 0 Å². The highest BCUT2D eigenvalue weighted by atomic mass is 32.2. The van der Waals surface area contributed by atoms with E-state index in [1.807, 2.05) is 0 Å². The van der Waals surface area contributed by atoms with Crippen molar-refractivity contribution in [3.05, 3.63) is 18.2 Å². The Bertz CT molecular complexity index is 719. The van der Waals surface area contributed by atoms with Gasteiger partial charge in [0.05, 0.1) is 0 Å². The van der Waals surface area contributed by atoms with Crippen molar-refractivity contribution < 1.29 is 8.42 Å². The lowest BCUT2D eigenvalue weighted by Crippen LogP contribution is -2.42. The third kappa shape index (κ3) is 2.54. The maximum absolute atomic E-state index is 12.5. The molecule has 0 amide bonds. The fourth-order valence-electron chi connectivity index (χ4n) is 2.45. The molecule has 1 aliphatic heterocycles. The molecule has 108 valence electrons. The molecule has 1 aliphatic rings. The zero-order valence-electron chi connectivity index (χ0n) is 11.2. The summed E-state index contributed by atoms with van der Waals surface area (Å²) in [5, 5.41) is 11.5. The SMILES string of the molecule is Cn1nc2cccc(S(=O)(=O)NC3CCNCC3)c2n1. The quantitative estimate of drug-likeness (QED) is 0.832. The van der Waals surface area contributed by atoms with Gasteiger partial charge in [-0.2, -0.15) is 15.0 Å². The van der Waals surface area contributed by atoms with Crippen LogP contribution in [0.5, 0.6) is 0 Å². The van der Waals surface area contributed by atoms with E-state index >= 15 is 0 Å². The number of piperidine rings is 1. The summed E-state index contributed by atoms with van der Waals surface area (Å²) >= 11 is 0. The Morgan fingerprint density at radius 3 is 2.80 bits per heavy atom. The van der Waals surface area contributed by atoms with E-state index in [1.165, 1.54) is 4.80 Å². The van der Waals surface area contributed by atoms with Crippen LogP contribution in [0.25, 0.3) is 11.0 Å². The molecular formula is C12H17N5O2S. The van der Waals surface area contributed by atoms with Crippen molar-refractivity contribution in [3.8, 4) is 0 Å². The maximum atomic E-state index is 12.5. The fourth-order valence-corrected chi connectivity index (χ4v) is 3.91. The van der Waals surface area contributed by atoms with E-state index in [1.54, 1.807) is 25.2 Å². The molecule has 1 aromatic heterocycles. The second kappa shape index (κ2) is 5.12. The number of sulfonamides is 1. The summed E-state index contributed by atoms with van der Waals surface area (Å²) in [5.41, 5.74) is 0.997. The molecule has 2 N–H and O–H groups in total. The Labute approximate surface area is 117 Å². The molecule has 3 rings (SSSR count). The van der Waals surface area contributed by atoms with Gasteiger partial charge in [-0.3, -0.25) is 0 Å². The first-order valence-electron chi connectivity index (χ1n) is 6.59. The Balaban J connectivity index is 1.96. The van der Waals surface area contributed by atoms with Crippen LogP contribution in [0.1, 0.15) is 12.8 Å². The van der Waals surface area contributed by atoms with Crippen LogP contribution in [0.15, 0.2) is 23.1 Å². The molecule has 1 fully saturated rings. The van der Waals surface area contributed by atoms with Gasteiger partial charge < -0.3 is 5.32 Å². The number of fused-ring (bicyclic) bond motifs is 1. The fraction of sp³-hybridized carbons (Fsp3) is 0.500. The molecule has 0 aliphatic carbocycles. The molecular weight excluding hydrogens is 278 g/mol. The van der Waals surface area contributed by atoms with Gasteiger partial charge in [-0.15, -0.1) is 0 Å². The van der Waals surface area contributed by atoms with Crippen LogP contribution in [-0.4, -0.2) is 42.5 Å². The predicted molar refractivity (Wildman–Crippen MR) is 74.7 cm³/mol. The zero-order chi connectivity index (χ0) is 14.2. The maximum Gasteiger partial charge on any atom is 0.243 e. The number of aromatic nitrogens is 3. The molecule has 0 radical (unpaired) electrons. The molecule has 0 saturated carbocycles. The summed E-state index contributed by atoms with van der Waals surface area (Å²) in [5.74, 6) is 0. The lowest BCUT2D eigenvalue weighted by molar-refractivity contribution is 0.427. The second-order valence-corrected chi connectivity index (χ2v) is 6.64. The second-order valence-electron chi connectivity index (χ2n) is 4.96. The van der Waals surface area contributed by atoms with E-state index in [9.17, 15) is 8.42 Å². The van der Waals surface area contributed by atoms with Gasteiger partial charge in [0, 0.05) is 13.1 Å². The molecule has 0 unspecified atom stereocenters. The summed E-state index contributed by atoms with van der Waals surface area (Å²) in [6.07, 6.45) is 1.60. The summed E-state index contributed by atoms with van der Waals surface area (Å²) in [6.45, 7) is 1.67. The molecule has 8 heteroatoms. The normalized spacial score (nSPS) is 17.6. The van der Waals surface area contributed by atoms with Crippen LogP contribution in [0.2, 0.25) is 0 Å². The number of hydrogen-bond acceptors (Lipinski definition) is 5. The highest BCUT2D eigenvalue weighted by molar-refractivity contribution is 7.89. The Kier molecular flexibility index (Phi) is 3.45. The molecule has 1 aromatic carbocycles. The number of nitrogens with zero attached hydrogens (tertiary/aromatic N) is 3. The minimum atomic E-state index is -3.57. The van der Waals surface area contributed by atoms with Crippen molar-refractivity contribution in [1.29, 1.82) is 0 Å². The summed E-state index contributed by atoms with van der Waals surface area (Å²) in [7, 11) is -1.89. The monoisotopic (exact) mass is 295 g/mol. The van der Waals surface area contributed by atoms with E-state index in [4.69, 9.17) is 0 Å². The van der Waals surface area contributed by atoms with Gasteiger partial charge in [-0.05, 0) is 38.1 Å². The Morgan fingerprint density at radius 2 is 2.05 bits per heavy atom. The summed E-state index contributed by atoms with van der Waals surface area (Å²) < 4.78 is 27.8. The van der Waals surface area contributed by atoms with E-state index in [0.717, 1.165) is 25.9 Å². The predicted octanol–water partition coefficient (Wildman–Crippen LogP) is -0.00140. The molecule has 2 aromatic rings. The molecule has 0 spiro atoms. The third-order valence-electron chi connectivity index (χ3n) is 3.43. The molecule has 2 heterocycles. The first kappa shape index (κ1) is 13.5. The van der Waals surface area contributed by atoms with Crippen molar-refractivity contribution in [2.75, 3.05) is 13.1 Å². The van der Waals surface area contributed by atoms with Crippen molar-refractivity contribution >= 4 is 21.1 Å². The van der Waals surface area contributed by atoms with Crippen LogP contribution in [0, 0.1) is 0 Å². The van der Waals surface area contributed by atoms with Gasteiger partial charge in [-0.1, -0.05) is 6.07 Å². The van der Waals surface area contributed by atoms with Crippen molar-refractivity contribution in [2.24, 2.45) is 7.05 Å². The van der Waals surface area contributed by atoms with Crippen LogP contribution in [0.4, 0.5) is 0 Å². The molecule has 20 heavy (non-hydrogen) atoms. The largest absolute Gasteiger partial charge is 0.317 e. The van der Waals surface area contributed by atoms with E-state index in [0.29, 0.717) is 11.0 Å². The number of aryl methyl sites for hydroxylation is 1. The minimum absolute atomic E-state index is 0.0202. The van der Waals surface area contributed by atoms with Gasteiger partial charge in [0.1, 0.15) is 15.9 Å². The van der Waals surface area contributed by atoms with Crippen molar-refractivity contribution in [2.45, 2.75) is 23.8 Å². The van der Waals surface area contributed by atoms with Gasteiger partial charge in [0.25, 0.3) is 0 Å². The molecule has 0 atom stereocenters. The van der Waals surface area contributed by atoms with Crippen molar-refractivity contribution in [1.82, 2.24) is 25.0 Å². The van der Waals surface area contributed by atoms with Crippen LogP contribution in [0.3, 0.4) is 0 Å². The lowest BCUT2D eigenvalue weighted by Gasteiger charge is -2.23. The number of benzene rings is 1. The van der Waals surface area contributed by atoms with Crippen LogP contribution < -0.4 is 10.0 Å². The van der Waals surface area contributed by atoms with Crippen molar-refractivity contribution in [3.63, 3.8) is 0 Å². The van der Waals surface area contributed by atoms with E-state index < -0.39 is 10.0 Å². The van der Waals surface area contributed by atoms with Crippen LogP contribution >= 0.6 is 0 Å². The smallest absolute Gasteiger partial charge is 0.243 e. The third-order valence-corrected chi connectivity index (χ3v) is 4.98. The number of hydrogen-bond donors (Lipinski definition) is 2. The molecule has 7 nitrogen and oxygen atoms in total. The number of nitrogens with one attached hydrogen (secondary N) is 2. The van der Waals surface area contributed by atoms with Gasteiger partial charge in [0.15, 0.2) is 0 Å². The van der Waals surface area contributed by atoms with E-state index in [-0.39, 0.29) is 10.9 Å². The van der Waals surface area contributed by atoms with Crippen LogP contribution in [-0.2, 0) is 17.1 Å². The Morgan fingerprint density at radius 1 is 1.30 bits per heavy atom. The first-order chi connectivity index (χ1) is 9.56. The lowest BCUT2D eigenvalue weighted by atomic mass is 10.1. The standard InChI is InChI=1S/C12H17N5O2S/c1-17-14-10-3-2-4-11(12(10)15-17)20(18,19)16-9-5-7-13-8-6-9/h2-4,9,13,16H,5-8H2,1H3. The van der Waals surface area contributed by atoms with E-state index in [2.05, 4.69) is 20.2 Å². The Hall–Kier alpha value is -1.51. The minimum Gasteiger partial charge on any atom is -0.317 e. The summed E-state index contributed by atoms with van der Waals surface area (Å²) in [6, 6.07) is 4.99. The zero-order valence-corrected chi connectivity index (χ0v) is 12.0. The average molecular weight is 295 g/mol. The first-order valence-corrected chi connectivity index (χ1v) is 8.08. The highest BCUT2D eigenvalue weighted by Gasteiger charge is 2.24. The summed E-state index contributed by atoms with van der Waals surface area (Å²) in [4.78, 5) is 1.58. The average Bonchev–Trinajstić information content (AvgIpc) is 2.79.